The zero-order valence-corrected chi connectivity index (χ0v) is 20.7. The molecule has 182 valence electrons. The molecule has 11 heteroatoms. The number of primary amides is 1. The number of nitrogens with one attached hydrogen (secondary N) is 2. The molecule has 1 aliphatic rings. The lowest BCUT2D eigenvalue weighted by Gasteiger charge is -2.31. The zero-order chi connectivity index (χ0) is 24.7. The minimum absolute atomic E-state index is 0.0918. The van der Waals surface area contributed by atoms with Crippen molar-refractivity contribution >= 4 is 42.5 Å². The van der Waals surface area contributed by atoms with E-state index in [1.165, 1.54) is 0 Å². The molecule has 0 atom stereocenters. The Morgan fingerprint density at radius 1 is 1.09 bits per heavy atom. The number of sulfonamides is 2. The summed E-state index contributed by atoms with van der Waals surface area (Å²) < 4.78 is 51.3. The highest BCUT2D eigenvalue weighted by Gasteiger charge is 2.29. The van der Waals surface area contributed by atoms with Gasteiger partial charge in [0.15, 0.2) is 0 Å². The van der Waals surface area contributed by atoms with Crippen molar-refractivity contribution in [2.75, 3.05) is 29.8 Å². The summed E-state index contributed by atoms with van der Waals surface area (Å²) in [4.78, 5) is 15.4. The number of rotatable bonds is 7. The van der Waals surface area contributed by atoms with E-state index in [1.807, 2.05) is 12.3 Å². The number of piperidine rings is 1. The molecule has 0 saturated carbocycles. The maximum Gasteiger partial charge on any atom is 0.250 e. The van der Waals surface area contributed by atoms with Crippen LogP contribution in [0, 0.1) is 0 Å². The van der Waals surface area contributed by atoms with E-state index in [1.54, 1.807) is 41.6 Å². The van der Waals surface area contributed by atoms with E-state index in [9.17, 15) is 21.6 Å². The molecule has 4 N–H and O–H groups in total. The molecule has 0 aliphatic carbocycles. The summed E-state index contributed by atoms with van der Waals surface area (Å²) >= 11 is 0. The molecule has 4 rings (SSSR count). The number of benzene rings is 2. The number of aromatic amines is 1. The van der Waals surface area contributed by atoms with Crippen molar-refractivity contribution in [1.82, 2.24) is 9.29 Å². The van der Waals surface area contributed by atoms with Crippen molar-refractivity contribution in [3.05, 3.63) is 53.7 Å². The van der Waals surface area contributed by atoms with Gasteiger partial charge in [0.1, 0.15) is 0 Å². The van der Waals surface area contributed by atoms with Gasteiger partial charge in [-0.25, -0.2) is 21.1 Å². The quantitative estimate of drug-likeness (QED) is 0.453. The van der Waals surface area contributed by atoms with Gasteiger partial charge in [-0.05, 0) is 66.6 Å². The van der Waals surface area contributed by atoms with Gasteiger partial charge in [0.25, 0.3) is 5.91 Å². The summed E-state index contributed by atoms with van der Waals surface area (Å²) in [6, 6.07) is 10.6. The van der Waals surface area contributed by atoms with E-state index in [0.717, 1.165) is 28.3 Å². The Kier molecular flexibility index (Phi) is 6.45. The normalized spacial score (nSPS) is 16.1. The van der Waals surface area contributed by atoms with Crippen LogP contribution in [0.5, 0.6) is 0 Å². The molecule has 1 saturated heterocycles. The molecule has 2 aromatic carbocycles. The maximum absolute atomic E-state index is 12.2. The first-order valence-electron chi connectivity index (χ1n) is 11.0. The van der Waals surface area contributed by atoms with Crippen molar-refractivity contribution in [2.45, 2.75) is 25.7 Å². The molecule has 0 unspecified atom stereocenters. The number of hydrogen-bond donors (Lipinski definition) is 3. The van der Waals surface area contributed by atoms with E-state index in [2.05, 4.69) is 9.71 Å². The highest BCUT2D eigenvalue weighted by Crippen LogP contribution is 2.37. The average molecular weight is 505 g/mol. The summed E-state index contributed by atoms with van der Waals surface area (Å²) in [6.45, 7) is 2.58. The van der Waals surface area contributed by atoms with Gasteiger partial charge in [0, 0.05) is 30.4 Å². The Labute approximate surface area is 199 Å². The number of nitrogens with two attached hydrogens (primary N) is 1. The van der Waals surface area contributed by atoms with E-state index in [0.29, 0.717) is 42.7 Å². The Morgan fingerprint density at radius 2 is 1.74 bits per heavy atom. The lowest BCUT2D eigenvalue weighted by molar-refractivity contribution is 0.100. The second-order valence-corrected chi connectivity index (χ2v) is 12.6. The Bertz CT molecular complexity index is 1440. The van der Waals surface area contributed by atoms with E-state index >= 15 is 0 Å². The van der Waals surface area contributed by atoms with Crippen molar-refractivity contribution in [1.29, 1.82) is 0 Å². The van der Waals surface area contributed by atoms with Crippen LogP contribution in [0.4, 0.5) is 5.69 Å². The molecule has 0 bridgehead atoms. The Balaban J connectivity index is 1.70. The van der Waals surface area contributed by atoms with Gasteiger partial charge in [-0.15, -0.1) is 0 Å². The molecule has 1 aromatic heterocycles. The highest BCUT2D eigenvalue weighted by atomic mass is 32.2. The van der Waals surface area contributed by atoms with Crippen molar-refractivity contribution in [3.8, 4) is 11.1 Å². The van der Waals surface area contributed by atoms with E-state index in [-0.39, 0.29) is 11.7 Å². The van der Waals surface area contributed by atoms with Crippen LogP contribution in [0.2, 0.25) is 0 Å². The fraction of sp³-hybridized carbons (Fsp3) is 0.348. The summed E-state index contributed by atoms with van der Waals surface area (Å²) in [6.07, 6.45) is 4.35. The SMILES string of the molecule is CCS(=O)(=O)N1CCC(c2c[nH]c3c(C(N)=O)cc(-c4ccc(NS(C)(=O)=O)cc4)cc23)CC1. The van der Waals surface area contributed by atoms with Crippen LogP contribution < -0.4 is 10.5 Å². The van der Waals surface area contributed by atoms with Gasteiger partial charge < -0.3 is 10.7 Å². The molecular formula is C23H28N4O5S2. The van der Waals surface area contributed by atoms with Gasteiger partial charge in [-0.2, -0.15) is 0 Å². The van der Waals surface area contributed by atoms with Crippen LogP contribution in [-0.4, -0.2) is 57.1 Å². The molecule has 1 amide bonds. The molecule has 0 spiro atoms. The molecule has 0 radical (unpaired) electrons. The van der Waals surface area contributed by atoms with Crippen LogP contribution in [0.15, 0.2) is 42.6 Å². The van der Waals surface area contributed by atoms with Crippen LogP contribution in [0.25, 0.3) is 22.0 Å². The number of anilines is 1. The third-order valence-corrected chi connectivity index (χ3v) is 8.75. The number of H-pyrrole nitrogens is 1. The minimum Gasteiger partial charge on any atom is -0.366 e. The molecule has 3 aromatic rings. The standard InChI is InChI=1S/C23H28N4O5S2/c1-3-34(31,32)27-10-8-16(9-11-27)21-14-25-22-19(21)12-17(13-20(22)23(24)28)15-4-6-18(7-5-15)26-33(2,29)30/h4-7,12-14,16,25-26H,3,8-11H2,1-2H3,(H2,24,28). The molecule has 1 aliphatic heterocycles. The third kappa shape index (κ3) is 4.96. The predicted molar refractivity (Wildman–Crippen MR) is 134 cm³/mol. The smallest absolute Gasteiger partial charge is 0.250 e. The number of carbonyl (C=O) groups is 1. The summed E-state index contributed by atoms with van der Waals surface area (Å²) in [5, 5.41) is 0.876. The second-order valence-electron chi connectivity index (χ2n) is 8.58. The molecule has 2 heterocycles. The first-order chi connectivity index (χ1) is 16.0. The lowest BCUT2D eigenvalue weighted by atomic mass is 9.88. The fourth-order valence-electron chi connectivity index (χ4n) is 4.52. The van der Waals surface area contributed by atoms with Gasteiger partial charge in [-0.1, -0.05) is 12.1 Å². The lowest BCUT2D eigenvalue weighted by Crippen LogP contribution is -2.38. The highest BCUT2D eigenvalue weighted by molar-refractivity contribution is 7.92. The van der Waals surface area contributed by atoms with Crippen molar-refractivity contribution in [3.63, 3.8) is 0 Å². The topological polar surface area (TPSA) is 142 Å². The Morgan fingerprint density at radius 3 is 2.29 bits per heavy atom. The maximum atomic E-state index is 12.2. The van der Waals surface area contributed by atoms with Gasteiger partial charge >= 0.3 is 0 Å². The number of amides is 1. The minimum atomic E-state index is -3.38. The summed E-state index contributed by atoms with van der Waals surface area (Å²) in [7, 11) is -6.59. The Hall–Kier alpha value is -2.89. The van der Waals surface area contributed by atoms with E-state index in [4.69, 9.17) is 5.73 Å². The monoisotopic (exact) mass is 504 g/mol. The zero-order valence-electron chi connectivity index (χ0n) is 19.0. The van der Waals surface area contributed by atoms with Crippen LogP contribution in [0.1, 0.15) is 41.6 Å². The number of hydrogen-bond acceptors (Lipinski definition) is 5. The van der Waals surface area contributed by atoms with Gasteiger partial charge in [0.2, 0.25) is 20.0 Å². The molecular weight excluding hydrogens is 476 g/mol. The number of aromatic nitrogens is 1. The number of nitrogens with zero attached hydrogens (tertiary/aromatic N) is 1. The molecule has 34 heavy (non-hydrogen) atoms. The first kappa shape index (κ1) is 24.2. The largest absolute Gasteiger partial charge is 0.366 e. The molecule has 1 fully saturated rings. The van der Waals surface area contributed by atoms with Crippen LogP contribution >= 0.6 is 0 Å². The van der Waals surface area contributed by atoms with Crippen LogP contribution in [-0.2, 0) is 20.0 Å². The summed E-state index contributed by atoms with van der Waals surface area (Å²) in [5.41, 5.74) is 9.76. The number of carbonyl (C=O) groups excluding carboxylic acids is 1. The fourth-order valence-corrected chi connectivity index (χ4v) is 6.22. The predicted octanol–water partition coefficient (Wildman–Crippen LogP) is 2.83. The second kappa shape index (κ2) is 9.05. The van der Waals surface area contributed by atoms with Gasteiger partial charge in [0.05, 0.1) is 23.1 Å². The molecule has 9 nitrogen and oxygen atoms in total. The summed E-state index contributed by atoms with van der Waals surface area (Å²) in [5.74, 6) is -0.317. The van der Waals surface area contributed by atoms with Gasteiger partial charge in [-0.3, -0.25) is 9.52 Å². The number of fused-ring (bicyclic) bond motifs is 1. The third-order valence-electron chi connectivity index (χ3n) is 6.26. The first-order valence-corrected chi connectivity index (χ1v) is 14.5. The average Bonchev–Trinajstić information content (AvgIpc) is 3.22. The van der Waals surface area contributed by atoms with Crippen molar-refractivity contribution in [2.24, 2.45) is 5.73 Å². The van der Waals surface area contributed by atoms with Crippen LogP contribution in [0.3, 0.4) is 0 Å². The van der Waals surface area contributed by atoms with E-state index < -0.39 is 26.0 Å². The van der Waals surface area contributed by atoms with Crippen molar-refractivity contribution < 1.29 is 21.6 Å².